The third kappa shape index (κ3) is 3.28. The Kier molecular flexibility index (Phi) is 4.12. The first-order chi connectivity index (χ1) is 11.8. The molecule has 3 rings (SSSR count). The number of nitrogens with two attached hydrogens (primary N) is 1. The van der Waals surface area contributed by atoms with Crippen molar-refractivity contribution < 1.29 is 22.3 Å². The molecule has 25 heavy (non-hydrogen) atoms. The van der Waals surface area contributed by atoms with Gasteiger partial charge < -0.3 is 10.5 Å². The van der Waals surface area contributed by atoms with Crippen LogP contribution in [-0.2, 0) is 6.18 Å². The quantitative estimate of drug-likeness (QED) is 0.716. The number of nitrogens with zero attached hydrogens (tertiary/aromatic N) is 2. The van der Waals surface area contributed by atoms with Crippen LogP contribution in [0.5, 0.6) is 5.75 Å². The first kappa shape index (κ1) is 16.8. The minimum atomic E-state index is -4.75. The number of aromatic nitrogens is 2. The zero-order valence-electron chi connectivity index (χ0n) is 13.0. The van der Waals surface area contributed by atoms with Crippen molar-refractivity contribution in [3.05, 3.63) is 59.9 Å². The molecule has 0 fully saturated rings. The van der Waals surface area contributed by atoms with Crippen molar-refractivity contribution in [3.8, 4) is 22.7 Å². The summed E-state index contributed by atoms with van der Waals surface area (Å²) in [7, 11) is 1.53. The molecule has 2 N–H and O–H groups in total. The molecule has 2 aromatic carbocycles. The summed E-state index contributed by atoms with van der Waals surface area (Å²) in [5.41, 5.74) is 5.60. The molecule has 0 spiro atoms. The van der Waals surface area contributed by atoms with Crippen LogP contribution in [-0.4, -0.2) is 16.9 Å². The highest BCUT2D eigenvalue weighted by atomic mass is 19.4. The number of ether oxygens (including phenoxy) is 1. The van der Waals surface area contributed by atoms with Gasteiger partial charge in [-0.25, -0.2) is 9.07 Å². The van der Waals surface area contributed by atoms with Gasteiger partial charge in [0.2, 0.25) is 0 Å². The van der Waals surface area contributed by atoms with Crippen molar-refractivity contribution in [3.63, 3.8) is 0 Å². The molecule has 0 amide bonds. The molecule has 0 bridgehead atoms. The molecule has 0 aliphatic carbocycles. The van der Waals surface area contributed by atoms with E-state index in [1.807, 2.05) is 0 Å². The zero-order valence-corrected chi connectivity index (χ0v) is 13.0. The van der Waals surface area contributed by atoms with Gasteiger partial charge in [-0.15, -0.1) is 0 Å². The molecule has 1 aromatic heterocycles. The normalized spacial score (nSPS) is 11.6. The predicted octanol–water partition coefficient (Wildman–Crippen LogP) is 4.29. The Balaban J connectivity index is 2.08. The van der Waals surface area contributed by atoms with E-state index in [1.165, 1.54) is 23.9 Å². The first-order valence-corrected chi connectivity index (χ1v) is 7.16. The van der Waals surface area contributed by atoms with Crippen LogP contribution in [0.1, 0.15) is 5.56 Å². The Morgan fingerprint density at radius 2 is 1.72 bits per heavy atom. The summed E-state index contributed by atoms with van der Waals surface area (Å²) in [6.07, 6.45) is -4.75. The van der Waals surface area contributed by atoms with E-state index in [1.54, 1.807) is 24.3 Å². The summed E-state index contributed by atoms with van der Waals surface area (Å²) in [4.78, 5) is 0. The number of benzene rings is 2. The summed E-state index contributed by atoms with van der Waals surface area (Å²) in [5.74, 6) is -0.567. The lowest BCUT2D eigenvalue weighted by molar-refractivity contribution is -0.139. The molecule has 0 saturated heterocycles. The van der Waals surface area contributed by atoms with E-state index >= 15 is 0 Å². The third-order valence-corrected chi connectivity index (χ3v) is 3.62. The highest BCUT2D eigenvalue weighted by Crippen LogP contribution is 2.34. The number of alkyl halides is 3. The monoisotopic (exact) mass is 351 g/mol. The van der Waals surface area contributed by atoms with Crippen molar-refractivity contribution in [2.45, 2.75) is 6.18 Å². The lowest BCUT2D eigenvalue weighted by atomic mass is 10.1. The highest BCUT2D eigenvalue weighted by molar-refractivity contribution is 5.66. The van der Waals surface area contributed by atoms with Gasteiger partial charge in [0.05, 0.1) is 24.1 Å². The van der Waals surface area contributed by atoms with Gasteiger partial charge in [0.15, 0.2) is 0 Å². The predicted molar refractivity (Wildman–Crippen MR) is 84.9 cm³/mol. The molecule has 1 heterocycles. The van der Waals surface area contributed by atoms with E-state index < -0.39 is 17.6 Å². The maximum atomic E-state index is 13.9. The van der Waals surface area contributed by atoms with Gasteiger partial charge in [0.25, 0.3) is 0 Å². The highest BCUT2D eigenvalue weighted by Gasteiger charge is 2.34. The van der Waals surface area contributed by atoms with Crippen LogP contribution in [0.15, 0.2) is 48.5 Å². The average molecular weight is 351 g/mol. The number of anilines is 1. The van der Waals surface area contributed by atoms with E-state index in [9.17, 15) is 17.6 Å². The summed E-state index contributed by atoms with van der Waals surface area (Å²) >= 11 is 0. The molecular formula is C17H13F4N3O. The fourth-order valence-corrected chi connectivity index (χ4v) is 2.43. The Morgan fingerprint density at radius 3 is 2.28 bits per heavy atom. The average Bonchev–Trinajstić information content (AvgIpc) is 2.95. The van der Waals surface area contributed by atoms with Gasteiger partial charge in [0, 0.05) is 11.6 Å². The third-order valence-electron chi connectivity index (χ3n) is 3.62. The van der Waals surface area contributed by atoms with Crippen LogP contribution in [0.2, 0.25) is 0 Å². The van der Waals surface area contributed by atoms with Crippen LogP contribution in [0, 0.1) is 5.82 Å². The van der Waals surface area contributed by atoms with Crippen molar-refractivity contribution >= 4 is 5.82 Å². The van der Waals surface area contributed by atoms with Crippen molar-refractivity contribution in [1.29, 1.82) is 0 Å². The van der Waals surface area contributed by atoms with Gasteiger partial charge in [-0.1, -0.05) is 6.07 Å². The maximum Gasteiger partial charge on any atom is 0.419 e. The zero-order chi connectivity index (χ0) is 18.2. The number of rotatable bonds is 3. The van der Waals surface area contributed by atoms with E-state index in [0.717, 1.165) is 6.07 Å². The number of hydrogen-bond donors (Lipinski definition) is 1. The molecule has 0 atom stereocenters. The van der Waals surface area contributed by atoms with Gasteiger partial charge in [0.1, 0.15) is 17.4 Å². The van der Waals surface area contributed by atoms with Crippen molar-refractivity contribution in [1.82, 2.24) is 9.78 Å². The molecule has 0 saturated carbocycles. The summed E-state index contributed by atoms with van der Waals surface area (Å²) in [5, 5.41) is 4.12. The van der Waals surface area contributed by atoms with Crippen LogP contribution < -0.4 is 10.5 Å². The van der Waals surface area contributed by atoms with E-state index in [0.29, 0.717) is 23.2 Å². The summed E-state index contributed by atoms with van der Waals surface area (Å²) < 4.78 is 58.5. The molecule has 130 valence electrons. The van der Waals surface area contributed by atoms with E-state index in [2.05, 4.69) is 5.10 Å². The Bertz CT molecular complexity index is 901. The second-order valence-electron chi connectivity index (χ2n) is 5.26. The number of methoxy groups -OCH3 is 1. The van der Waals surface area contributed by atoms with Gasteiger partial charge in [-0.3, -0.25) is 0 Å². The number of hydrogen-bond acceptors (Lipinski definition) is 3. The molecule has 8 heteroatoms. The number of nitrogen functional groups attached to an aromatic ring is 1. The molecule has 0 unspecified atom stereocenters. The molecular weight excluding hydrogens is 338 g/mol. The minimum absolute atomic E-state index is 0.158. The molecule has 0 radical (unpaired) electrons. The molecule has 4 nitrogen and oxygen atoms in total. The van der Waals surface area contributed by atoms with Gasteiger partial charge in [-0.2, -0.15) is 18.3 Å². The van der Waals surface area contributed by atoms with Crippen LogP contribution >= 0.6 is 0 Å². The Labute approximate surface area is 140 Å². The second kappa shape index (κ2) is 6.12. The van der Waals surface area contributed by atoms with Crippen LogP contribution in [0.3, 0.4) is 0 Å². The topological polar surface area (TPSA) is 53.1 Å². The van der Waals surface area contributed by atoms with Gasteiger partial charge >= 0.3 is 6.18 Å². The molecule has 0 aliphatic rings. The lowest BCUT2D eigenvalue weighted by Crippen LogP contribution is -2.08. The van der Waals surface area contributed by atoms with E-state index in [4.69, 9.17) is 10.5 Å². The van der Waals surface area contributed by atoms with E-state index in [-0.39, 0.29) is 11.4 Å². The smallest absolute Gasteiger partial charge is 0.419 e. The van der Waals surface area contributed by atoms with Gasteiger partial charge in [-0.05, 0) is 36.4 Å². The van der Waals surface area contributed by atoms with Crippen molar-refractivity contribution in [2.24, 2.45) is 0 Å². The van der Waals surface area contributed by atoms with Crippen molar-refractivity contribution in [2.75, 3.05) is 12.8 Å². The van der Waals surface area contributed by atoms with Crippen LogP contribution in [0.25, 0.3) is 16.9 Å². The molecule has 0 aliphatic heterocycles. The standard InChI is InChI=1S/C17H13F4N3O/c1-25-12-5-3-11(4-6-12)24-15(9-16(22)23-24)10-2-7-13(14(18)8-10)17(19,20)21/h2-9H,1H3,(H2,22,23). The SMILES string of the molecule is COc1ccc(-n2nc(N)cc2-c2ccc(C(F)(F)F)c(F)c2)cc1. The second-order valence-corrected chi connectivity index (χ2v) is 5.26. The maximum absolute atomic E-state index is 13.9. The Morgan fingerprint density at radius 1 is 1.04 bits per heavy atom. The fourth-order valence-electron chi connectivity index (χ4n) is 2.43. The summed E-state index contributed by atoms with van der Waals surface area (Å²) in [6.45, 7) is 0. The molecule has 3 aromatic rings. The summed E-state index contributed by atoms with van der Waals surface area (Å²) in [6, 6.07) is 11.0. The van der Waals surface area contributed by atoms with Crippen LogP contribution in [0.4, 0.5) is 23.4 Å². The largest absolute Gasteiger partial charge is 0.497 e. The Hall–Kier alpha value is -3.03. The minimum Gasteiger partial charge on any atom is -0.497 e. The lowest BCUT2D eigenvalue weighted by Gasteiger charge is -2.11. The number of halogens is 4. The fraction of sp³-hybridized carbons (Fsp3) is 0.118. The first-order valence-electron chi connectivity index (χ1n) is 7.16.